The number of nitrogens with zero attached hydrogens (tertiary/aromatic N) is 3. The van der Waals surface area contributed by atoms with Crippen molar-refractivity contribution in [3.8, 4) is 22.0 Å². The van der Waals surface area contributed by atoms with Crippen LogP contribution in [0.1, 0.15) is 12.3 Å². The molecule has 0 saturated heterocycles. The Hall–Kier alpha value is -2.84. The fraction of sp³-hybridized carbons (Fsp3) is 0.111. The van der Waals surface area contributed by atoms with E-state index in [0.717, 1.165) is 16.1 Å². The average molecular weight is 382 g/mol. The normalized spacial score (nSPS) is 10.8. The van der Waals surface area contributed by atoms with Crippen molar-refractivity contribution in [2.24, 2.45) is 0 Å². The molecule has 6 nitrogen and oxygen atoms in total. The van der Waals surface area contributed by atoms with Crippen LogP contribution in [0, 0.1) is 0 Å². The number of aromatic nitrogens is 3. The lowest BCUT2D eigenvalue weighted by molar-refractivity contribution is -0.116. The van der Waals surface area contributed by atoms with Gasteiger partial charge in [-0.1, -0.05) is 41.6 Å². The monoisotopic (exact) mass is 382 g/mol. The third-order valence-corrected chi connectivity index (χ3v) is 5.22. The van der Waals surface area contributed by atoms with E-state index in [9.17, 15) is 4.79 Å². The molecule has 0 bridgehead atoms. The quantitative estimate of drug-likeness (QED) is 0.531. The van der Waals surface area contributed by atoms with Crippen LogP contribution < -0.4 is 5.32 Å². The zero-order valence-electron chi connectivity index (χ0n) is 13.6. The molecule has 0 radical (unpaired) electrons. The minimum atomic E-state index is -0.130. The van der Waals surface area contributed by atoms with Crippen molar-refractivity contribution in [2.45, 2.75) is 12.8 Å². The molecule has 3 aromatic heterocycles. The summed E-state index contributed by atoms with van der Waals surface area (Å²) in [7, 11) is 0. The first-order valence-corrected chi connectivity index (χ1v) is 9.71. The van der Waals surface area contributed by atoms with Gasteiger partial charge >= 0.3 is 0 Å². The van der Waals surface area contributed by atoms with Crippen molar-refractivity contribution < 1.29 is 9.32 Å². The van der Waals surface area contributed by atoms with Crippen LogP contribution in [0.3, 0.4) is 0 Å². The molecular weight excluding hydrogens is 368 g/mol. The van der Waals surface area contributed by atoms with Gasteiger partial charge < -0.3 is 9.84 Å². The van der Waals surface area contributed by atoms with Crippen molar-refractivity contribution in [3.63, 3.8) is 0 Å². The van der Waals surface area contributed by atoms with Gasteiger partial charge in [-0.05, 0) is 11.4 Å². The maximum absolute atomic E-state index is 12.1. The van der Waals surface area contributed by atoms with Crippen LogP contribution in [0.25, 0.3) is 22.0 Å². The van der Waals surface area contributed by atoms with Gasteiger partial charge in [0.15, 0.2) is 5.13 Å². The van der Waals surface area contributed by atoms with E-state index in [1.807, 2.05) is 53.2 Å². The summed E-state index contributed by atoms with van der Waals surface area (Å²) in [5, 5.41) is 11.2. The Morgan fingerprint density at radius 1 is 1.08 bits per heavy atom. The average Bonchev–Trinajstić information content (AvgIpc) is 3.41. The van der Waals surface area contributed by atoms with Crippen LogP contribution >= 0.6 is 22.7 Å². The zero-order chi connectivity index (χ0) is 17.8. The number of rotatable bonds is 6. The molecule has 0 aliphatic heterocycles. The van der Waals surface area contributed by atoms with Crippen LogP contribution in [0.2, 0.25) is 0 Å². The van der Waals surface area contributed by atoms with Crippen LogP contribution in [0.15, 0.2) is 57.7 Å². The third-order valence-electron chi connectivity index (χ3n) is 3.60. The number of aryl methyl sites for hydroxylation is 1. The van der Waals surface area contributed by atoms with Gasteiger partial charge in [-0.3, -0.25) is 4.79 Å². The number of carbonyl (C=O) groups is 1. The van der Waals surface area contributed by atoms with E-state index in [2.05, 4.69) is 20.4 Å². The first kappa shape index (κ1) is 16.6. The summed E-state index contributed by atoms with van der Waals surface area (Å²) < 4.78 is 5.20. The molecule has 130 valence electrons. The minimum absolute atomic E-state index is 0.130. The highest BCUT2D eigenvalue weighted by Crippen LogP contribution is 2.25. The zero-order valence-corrected chi connectivity index (χ0v) is 15.2. The maximum atomic E-state index is 12.1. The van der Waals surface area contributed by atoms with Gasteiger partial charge in [-0.25, -0.2) is 4.98 Å². The molecule has 0 saturated carbocycles. The molecular formula is C18H14N4O2S2. The van der Waals surface area contributed by atoms with Gasteiger partial charge in [-0.2, -0.15) is 4.98 Å². The summed E-state index contributed by atoms with van der Waals surface area (Å²) in [6, 6.07) is 13.7. The Balaban J connectivity index is 1.33. The van der Waals surface area contributed by atoms with E-state index in [-0.39, 0.29) is 12.3 Å². The molecule has 0 unspecified atom stereocenters. The number of thiazole rings is 1. The van der Waals surface area contributed by atoms with Gasteiger partial charge in [0.05, 0.1) is 10.6 Å². The van der Waals surface area contributed by atoms with Crippen LogP contribution in [-0.2, 0) is 11.2 Å². The second-order valence-electron chi connectivity index (χ2n) is 5.44. The predicted octanol–water partition coefficient (Wildman–Crippen LogP) is 4.49. The topological polar surface area (TPSA) is 80.9 Å². The second-order valence-corrected chi connectivity index (χ2v) is 7.25. The van der Waals surface area contributed by atoms with Crippen LogP contribution in [0.4, 0.5) is 5.13 Å². The molecule has 0 aliphatic carbocycles. The van der Waals surface area contributed by atoms with Crippen molar-refractivity contribution in [1.82, 2.24) is 15.1 Å². The summed E-state index contributed by atoms with van der Waals surface area (Å²) in [5.74, 6) is 0.880. The number of thiophene rings is 1. The van der Waals surface area contributed by atoms with Gasteiger partial charge in [0.1, 0.15) is 0 Å². The Morgan fingerprint density at radius 3 is 2.77 bits per heavy atom. The lowest BCUT2D eigenvalue weighted by atomic mass is 10.2. The van der Waals surface area contributed by atoms with Crippen molar-refractivity contribution in [1.29, 1.82) is 0 Å². The molecule has 3 heterocycles. The number of benzene rings is 1. The lowest BCUT2D eigenvalue weighted by Gasteiger charge is -1.99. The van der Waals surface area contributed by atoms with Gasteiger partial charge in [0.2, 0.25) is 17.6 Å². The highest BCUT2D eigenvalue weighted by atomic mass is 32.1. The molecule has 1 N–H and O–H groups in total. The van der Waals surface area contributed by atoms with Crippen LogP contribution in [-0.4, -0.2) is 21.0 Å². The first-order valence-electron chi connectivity index (χ1n) is 7.95. The van der Waals surface area contributed by atoms with Gasteiger partial charge in [0.25, 0.3) is 0 Å². The number of nitrogens with one attached hydrogen (secondary N) is 1. The van der Waals surface area contributed by atoms with E-state index in [1.54, 1.807) is 11.3 Å². The molecule has 4 rings (SSSR count). The second kappa shape index (κ2) is 7.59. The number of hydrogen-bond acceptors (Lipinski definition) is 7. The summed E-state index contributed by atoms with van der Waals surface area (Å²) in [6.45, 7) is 0. The van der Waals surface area contributed by atoms with E-state index in [0.29, 0.717) is 23.3 Å². The van der Waals surface area contributed by atoms with E-state index >= 15 is 0 Å². The molecule has 1 aromatic carbocycles. The summed E-state index contributed by atoms with van der Waals surface area (Å²) >= 11 is 2.95. The molecule has 8 heteroatoms. The van der Waals surface area contributed by atoms with Gasteiger partial charge in [0, 0.05) is 23.8 Å². The molecule has 1 amide bonds. The number of hydrogen-bond donors (Lipinski definition) is 1. The Labute approximate surface area is 157 Å². The van der Waals surface area contributed by atoms with E-state index in [4.69, 9.17) is 4.52 Å². The fourth-order valence-electron chi connectivity index (χ4n) is 2.34. The highest BCUT2D eigenvalue weighted by molar-refractivity contribution is 7.14. The van der Waals surface area contributed by atoms with E-state index < -0.39 is 0 Å². The Bertz CT molecular complexity index is 993. The summed E-state index contributed by atoms with van der Waals surface area (Å²) in [5.41, 5.74) is 1.87. The molecule has 4 aromatic rings. The standard InChI is InChI=1S/C18H14N4O2S2/c23-15(8-9-16-21-17(22-24-16)14-7-4-10-25-14)20-18-19-13(11-26-18)12-5-2-1-3-6-12/h1-7,10-11H,8-9H2,(H,19,20,23). The van der Waals surface area contributed by atoms with Crippen LogP contribution in [0.5, 0.6) is 0 Å². The molecule has 0 fully saturated rings. The van der Waals surface area contributed by atoms with Gasteiger partial charge in [-0.15, -0.1) is 22.7 Å². The molecule has 26 heavy (non-hydrogen) atoms. The Kier molecular flexibility index (Phi) is 4.85. The fourth-order valence-corrected chi connectivity index (χ4v) is 3.72. The van der Waals surface area contributed by atoms with Crippen molar-refractivity contribution in [3.05, 3.63) is 59.1 Å². The molecule has 0 atom stereocenters. The Morgan fingerprint density at radius 2 is 1.96 bits per heavy atom. The van der Waals surface area contributed by atoms with E-state index in [1.165, 1.54) is 11.3 Å². The minimum Gasteiger partial charge on any atom is -0.339 e. The smallest absolute Gasteiger partial charge is 0.227 e. The highest BCUT2D eigenvalue weighted by Gasteiger charge is 2.12. The number of carbonyl (C=O) groups excluding carboxylic acids is 1. The van der Waals surface area contributed by atoms with Crippen molar-refractivity contribution in [2.75, 3.05) is 5.32 Å². The number of anilines is 1. The summed E-state index contributed by atoms with van der Waals surface area (Å²) in [6.07, 6.45) is 0.646. The maximum Gasteiger partial charge on any atom is 0.227 e. The number of amides is 1. The predicted molar refractivity (Wildman–Crippen MR) is 102 cm³/mol. The molecule has 0 spiro atoms. The molecule has 0 aliphatic rings. The first-order chi connectivity index (χ1) is 12.8. The largest absolute Gasteiger partial charge is 0.339 e. The third kappa shape index (κ3) is 3.87. The lowest BCUT2D eigenvalue weighted by Crippen LogP contribution is -2.12. The summed E-state index contributed by atoms with van der Waals surface area (Å²) in [4.78, 5) is 21.8. The van der Waals surface area contributed by atoms with Crippen molar-refractivity contribution >= 4 is 33.7 Å². The SMILES string of the molecule is O=C(CCc1nc(-c2cccs2)no1)Nc1nc(-c2ccccc2)cs1.